The van der Waals surface area contributed by atoms with Crippen LogP contribution in [0.1, 0.15) is 11.1 Å². The summed E-state index contributed by atoms with van der Waals surface area (Å²) in [5.41, 5.74) is 4.21. The Morgan fingerprint density at radius 3 is 2.71 bits per heavy atom. The molecule has 0 amide bonds. The second-order valence-corrected chi connectivity index (χ2v) is 6.73. The van der Waals surface area contributed by atoms with Crippen LogP contribution in [0.3, 0.4) is 0 Å². The first-order valence-electron chi connectivity index (χ1n) is 6.49. The van der Waals surface area contributed by atoms with Gasteiger partial charge in [0.05, 0.1) is 18.3 Å². The molecule has 2 aromatic carbocycles. The normalized spacial score (nSPS) is 17.2. The Bertz CT molecular complexity index is 713. The van der Waals surface area contributed by atoms with E-state index >= 15 is 0 Å². The van der Waals surface area contributed by atoms with E-state index in [-0.39, 0.29) is 6.04 Å². The van der Waals surface area contributed by atoms with E-state index in [9.17, 15) is 0 Å². The number of benzodiazepines with no additional fused rings is 1. The topological polar surface area (TPSA) is 24.4 Å². The molecule has 0 aromatic heterocycles. The van der Waals surface area contributed by atoms with E-state index in [2.05, 4.69) is 46.1 Å². The van der Waals surface area contributed by atoms with Gasteiger partial charge in [0, 0.05) is 30.8 Å². The van der Waals surface area contributed by atoms with Crippen LogP contribution in [-0.2, 0) is 0 Å². The number of hydrogen-bond donors (Lipinski definition) is 1. The van der Waals surface area contributed by atoms with Crippen molar-refractivity contribution in [3.8, 4) is 0 Å². The van der Waals surface area contributed by atoms with Gasteiger partial charge in [0.2, 0.25) is 0 Å². The zero-order valence-corrected chi connectivity index (χ0v) is 14.7. The molecule has 0 spiro atoms. The maximum absolute atomic E-state index is 5.98. The number of nitrogens with zero attached hydrogens (tertiary/aromatic N) is 1. The van der Waals surface area contributed by atoms with Crippen LogP contribution >= 0.6 is 46.4 Å². The van der Waals surface area contributed by atoms with Crippen molar-refractivity contribution in [3.05, 3.63) is 62.2 Å². The van der Waals surface area contributed by atoms with Crippen molar-refractivity contribution in [3.63, 3.8) is 0 Å². The Balaban J connectivity index is 2.14. The summed E-state index contributed by atoms with van der Waals surface area (Å²) in [5.74, 6) is 0. The average Bonchev–Trinajstić information content (AvgIpc) is 2.67. The lowest BCUT2D eigenvalue weighted by atomic mass is 10.0. The summed E-state index contributed by atoms with van der Waals surface area (Å²) in [5, 5.41) is 5.90. The molecule has 106 valence electrons. The number of aliphatic imine (C=N–C) groups is 1. The minimum atomic E-state index is 0.0728. The quantitative estimate of drug-likeness (QED) is 0.562. The number of nitrogens with one attached hydrogen (secondary N) is 1. The molecule has 1 aliphatic rings. The lowest BCUT2D eigenvalue weighted by molar-refractivity contribution is 0.947. The van der Waals surface area contributed by atoms with E-state index < -0.39 is 0 Å². The van der Waals surface area contributed by atoms with Crippen LogP contribution in [0.5, 0.6) is 0 Å². The van der Waals surface area contributed by atoms with Crippen LogP contribution in [0, 0.1) is 3.57 Å². The molecule has 0 radical (unpaired) electrons. The second kappa shape index (κ2) is 6.42. The van der Waals surface area contributed by atoms with Crippen molar-refractivity contribution in [2.75, 3.05) is 11.9 Å². The lowest BCUT2D eigenvalue weighted by Crippen LogP contribution is -2.22. The zero-order valence-electron chi connectivity index (χ0n) is 11.0. The predicted molar refractivity (Wildman–Crippen MR) is 102 cm³/mol. The summed E-state index contributed by atoms with van der Waals surface area (Å²) in [4.78, 5) is 4.77. The molecule has 2 aromatic rings. The van der Waals surface area contributed by atoms with Crippen LogP contribution in [-0.4, -0.2) is 23.7 Å². The summed E-state index contributed by atoms with van der Waals surface area (Å²) >= 11 is 13.4. The number of rotatable bonds is 2. The van der Waals surface area contributed by atoms with Crippen molar-refractivity contribution in [1.29, 1.82) is 0 Å². The van der Waals surface area contributed by atoms with Gasteiger partial charge in [-0.25, -0.2) is 0 Å². The van der Waals surface area contributed by atoms with E-state index in [0.29, 0.717) is 6.54 Å². The van der Waals surface area contributed by atoms with Gasteiger partial charge < -0.3 is 5.32 Å². The summed E-state index contributed by atoms with van der Waals surface area (Å²) < 4.78 is 1.18. The van der Waals surface area contributed by atoms with Crippen molar-refractivity contribution in [2.45, 2.75) is 6.04 Å². The Kier molecular flexibility index (Phi) is 4.57. The fraction of sp³-hybridized carbons (Fsp3) is 0.125. The molecule has 1 heterocycles. The standard InChI is InChI=1S/C16H12ClIN2S/c17-11-3-1-10(2-4-11)16-14-7-12(18)5-6-15(14)20-13(9-21)8-19-16/h1-7,9,13,20H,8H2. The third kappa shape index (κ3) is 3.27. The zero-order chi connectivity index (χ0) is 14.8. The van der Waals surface area contributed by atoms with Gasteiger partial charge in [0.15, 0.2) is 0 Å². The van der Waals surface area contributed by atoms with E-state index in [1.807, 2.05) is 24.3 Å². The largest absolute Gasteiger partial charge is 0.376 e. The molecule has 1 N–H and O–H groups in total. The van der Waals surface area contributed by atoms with E-state index in [4.69, 9.17) is 28.8 Å². The minimum absolute atomic E-state index is 0.0728. The number of hydrogen-bond acceptors (Lipinski definition) is 3. The maximum Gasteiger partial charge on any atom is 0.0742 e. The smallest absolute Gasteiger partial charge is 0.0742 e. The number of halogens is 2. The SMILES string of the molecule is S=CC1CN=C(c2ccc(Cl)cc2)c2cc(I)ccc2N1. The summed E-state index contributed by atoms with van der Waals surface area (Å²) in [6.45, 7) is 0.632. The fourth-order valence-corrected chi connectivity index (χ4v) is 3.06. The molecule has 0 saturated heterocycles. The highest BCUT2D eigenvalue weighted by atomic mass is 127. The number of anilines is 1. The molecule has 0 aliphatic carbocycles. The van der Waals surface area contributed by atoms with Crippen LogP contribution in [0.2, 0.25) is 5.02 Å². The highest BCUT2D eigenvalue weighted by Crippen LogP contribution is 2.26. The summed E-state index contributed by atoms with van der Waals surface area (Å²) in [7, 11) is 0. The average molecular weight is 427 g/mol. The van der Waals surface area contributed by atoms with Gasteiger partial charge in [0.25, 0.3) is 0 Å². The molecule has 2 nitrogen and oxygen atoms in total. The first kappa shape index (κ1) is 14.9. The van der Waals surface area contributed by atoms with Gasteiger partial charge in [-0.3, -0.25) is 4.99 Å². The van der Waals surface area contributed by atoms with Crippen LogP contribution in [0.4, 0.5) is 5.69 Å². The lowest BCUT2D eigenvalue weighted by Gasteiger charge is -2.13. The number of fused-ring (bicyclic) bond motifs is 1. The minimum Gasteiger partial charge on any atom is -0.376 e. The third-order valence-electron chi connectivity index (χ3n) is 3.31. The Labute approximate surface area is 147 Å². The molecular weight excluding hydrogens is 415 g/mol. The van der Waals surface area contributed by atoms with Crippen molar-refractivity contribution in [2.24, 2.45) is 4.99 Å². The Morgan fingerprint density at radius 2 is 2.00 bits per heavy atom. The van der Waals surface area contributed by atoms with Gasteiger partial charge in [0.1, 0.15) is 0 Å². The van der Waals surface area contributed by atoms with Gasteiger partial charge in [-0.05, 0) is 52.9 Å². The molecule has 21 heavy (non-hydrogen) atoms. The van der Waals surface area contributed by atoms with Gasteiger partial charge in [-0.15, -0.1) is 0 Å². The number of thiocarbonyl (C=S) groups is 1. The van der Waals surface area contributed by atoms with E-state index in [0.717, 1.165) is 27.5 Å². The first-order chi connectivity index (χ1) is 10.2. The predicted octanol–water partition coefficient (Wildman–Crippen LogP) is 4.58. The molecule has 0 fully saturated rings. The molecule has 0 bridgehead atoms. The highest BCUT2D eigenvalue weighted by molar-refractivity contribution is 14.1. The second-order valence-electron chi connectivity index (χ2n) is 4.77. The van der Waals surface area contributed by atoms with E-state index in [1.165, 1.54) is 3.57 Å². The molecule has 3 rings (SSSR count). The maximum atomic E-state index is 5.98. The van der Waals surface area contributed by atoms with Crippen LogP contribution < -0.4 is 5.32 Å². The molecule has 1 aliphatic heterocycles. The number of benzene rings is 2. The van der Waals surface area contributed by atoms with Crippen molar-refractivity contribution in [1.82, 2.24) is 0 Å². The molecule has 1 unspecified atom stereocenters. The highest BCUT2D eigenvalue weighted by Gasteiger charge is 2.18. The third-order valence-corrected chi connectivity index (χ3v) is 4.56. The molecule has 5 heteroatoms. The Morgan fingerprint density at radius 1 is 1.24 bits per heavy atom. The van der Waals surface area contributed by atoms with Crippen molar-refractivity contribution < 1.29 is 0 Å². The van der Waals surface area contributed by atoms with Gasteiger partial charge >= 0.3 is 0 Å². The molecular formula is C16H12ClIN2S. The fourth-order valence-electron chi connectivity index (χ4n) is 2.29. The van der Waals surface area contributed by atoms with Crippen molar-refractivity contribution >= 4 is 63.2 Å². The van der Waals surface area contributed by atoms with E-state index in [1.54, 1.807) is 5.37 Å². The monoisotopic (exact) mass is 426 g/mol. The molecule has 1 atom stereocenters. The Hall–Kier alpha value is -0.980. The molecule has 0 saturated carbocycles. The van der Waals surface area contributed by atoms with Gasteiger partial charge in [-0.2, -0.15) is 0 Å². The summed E-state index contributed by atoms with van der Waals surface area (Å²) in [6.07, 6.45) is 0. The van der Waals surface area contributed by atoms with Gasteiger partial charge in [-0.1, -0.05) is 36.0 Å². The summed E-state index contributed by atoms with van der Waals surface area (Å²) in [6, 6.07) is 14.2. The van der Waals surface area contributed by atoms with Crippen LogP contribution in [0.15, 0.2) is 47.5 Å². The van der Waals surface area contributed by atoms with Crippen LogP contribution in [0.25, 0.3) is 0 Å². The first-order valence-corrected chi connectivity index (χ1v) is 8.42.